The lowest BCUT2D eigenvalue weighted by molar-refractivity contribution is 0.452. The molecule has 34 heavy (non-hydrogen) atoms. The number of nitrogens with two attached hydrogens (primary N) is 1. The molecule has 1 heterocycles. The van der Waals surface area contributed by atoms with Crippen molar-refractivity contribution in [3.63, 3.8) is 0 Å². The minimum Gasteiger partial charge on any atom is -0.494 e. The molecule has 8 heteroatoms. The van der Waals surface area contributed by atoms with Crippen LogP contribution in [0.3, 0.4) is 0 Å². The minimum atomic E-state index is -3.76. The highest BCUT2D eigenvalue weighted by Gasteiger charge is 2.12. The van der Waals surface area contributed by atoms with Crippen LogP contribution in [0.15, 0.2) is 81.4 Å². The molecule has 0 atom stereocenters. The fourth-order valence-corrected chi connectivity index (χ4v) is 4.26. The summed E-state index contributed by atoms with van der Waals surface area (Å²) in [5.74, 6) is 0.118. The molecule has 0 aliphatic heterocycles. The van der Waals surface area contributed by atoms with E-state index in [2.05, 4.69) is 36.0 Å². The monoisotopic (exact) mass is 475 g/mol. The first-order valence-corrected chi connectivity index (χ1v) is 12.3. The molecule has 0 bridgehead atoms. The maximum absolute atomic E-state index is 12.4. The van der Waals surface area contributed by atoms with E-state index in [4.69, 9.17) is 5.14 Å². The number of hydrogen-bond donors (Lipinski definition) is 3. The van der Waals surface area contributed by atoms with Crippen molar-refractivity contribution in [1.29, 1.82) is 0 Å². The van der Waals surface area contributed by atoms with Crippen LogP contribution in [-0.2, 0) is 16.6 Å². The summed E-state index contributed by atoms with van der Waals surface area (Å²) in [6.45, 7) is 4.52. The number of nitrogens with one attached hydrogen (secondary N) is 1. The van der Waals surface area contributed by atoms with Gasteiger partial charge in [0, 0.05) is 17.0 Å². The highest BCUT2D eigenvalue weighted by Crippen LogP contribution is 2.29. The molecule has 0 fully saturated rings. The average Bonchev–Trinajstić information content (AvgIpc) is 2.80. The Labute approximate surface area is 197 Å². The van der Waals surface area contributed by atoms with Gasteiger partial charge in [-0.2, -0.15) is 0 Å². The number of aromatic nitrogens is 1. The van der Waals surface area contributed by atoms with Crippen molar-refractivity contribution in [2.45, 2.75) is 31.2 Å². The van der Waals surface area contributed by atoms with E-state index in [9.17, 15) is 18.3 Å². The predicted octanol–water partition coefficient (Wildman–Crippen LogP) is 4.29. The topological polar surface area (TPSA) is 126 Å². The molecule has 0 saturated heterocycles. The zero-order chi connectivity index (χ0) is 24.5. The van der Waals surface area contributed by atoms with Gasteiger partial charge in [-0.3, -0.25) is 14.8 Å². The van der Waals surface area contributed by atoms with Crippen molar-refractivity contribution in [2.75, 3.05) is 0 Å². The van der Waals surface area contributed by atoms with Crippen molar-refractivity contribution in [3.05, 3.63) is 93.8 Å². The molecule has 0 unspecified atom stereocenters. The fourth-order valence-electron chi connectivity index (χ4n) is 3.75. The molecule has 3 aromatic carbocycles. The zero-order valence-electron chi connectivity index (χ0n) is 18.8. The van der Waals surface area contributed by atoms with E-state index in [1.807, 2.05) is 24.3 Å². The first kappa shape index (κ1) is 23.4. The number of hydrogen-bond acceptors (Lipinski definition) is 5. The van der Waals surface area contributed by atoms with Gasteiger partial charge in [0.15, 0.2) is 0 Å². The van der Waals surface area contributed by atoms with Gasteiger partial charge in [0.1, 0.15) is 0 Å². The summed E-state index contributed by atoms with van der Waals surface area (Å²) in [5, 5.41) is 16.6. The molecule has 1 aromatic heterocycles. The van der Waals surface area contributed by atoms with Gasteiger partial charge < -0.3 is 5.11 Å². The summed E-state index contributed by atoms with van der Waals surface area (Å²) >= 11 is 0. The highest BCUT2D eigenvalue weighted by molar-refractivity contribution is 7.89. The van der Waals surface area contributed by atoms with Gasteiger partial charge in [-0.15, -0.1) is 0 Å². The van der Waals surface area contributed by atoms with Crippen LogP contribution in [0.5, 0.6) is 5.88 Å². The number of pyridine rings is 1. The van der Waals surface area contributed by atoms with Crippen molar-refractivity contribution in [3.8, 4) is 17.0 Å². The van der Waals surface area contributed by atoms with Crippen molar-refractivity contribution < 1.29 is 13.5 Å². The second-order valence-corrected chi connectivity index (χ2v) is 9.98. The van der Waals surface area contributed by atoms with Gasteiger partial charge >= 0.3 is 0 Å². The molecule has 4 rings (SSSR count). The number of primary sulfonamides is 1. The van der Waals surface area contributed by atoms with Crippen LogP contribution in [0.1, 0.15) is 36.5 Å². The number of aromatic hydroxyl groups is 1. The minimum absolute atomic E-state index is 0.0265. The Kier molecular flexibility index (Phi) is 6.37. The van der Waals surface area contributed by atoms with Crippen molar-refractivity contribution in [1.82, 2.24) is 4.98 Å². The second kappa shape index (κ2) is 9.24. The van der Waals surface area contributed by atoms with Crippen molar-refractivity contribution in [2.24, 2.45) is 10.1 Å². The van der Waals surface area contributed by atoms with Gasteiger partial charge in [0.25, 0.3) is 5.56 Å². The Hall–Kier alpha value is -3.75. The molecule has 7 nitrogen and oxygen atoms in total. The molecule has 0 aliphatic rings. The van der Waals surface area contributed by atoms with Crippen molar-refractivity contribution >= 4 is 27.0 Å². The first-order valence-electron chi connectivity index (χ1n) is 10.7. The van der Waals surface area contributed by atoms with E-state index in [-0.39, 0.29) is 22.9 Å². The Morgan fingerprint density at radius 3 is 2.38 bits per heavy atom. The molecule has 0 saturated carbocycles. The standard InChI is InChI=1S/C26H25N3O4S/c1-16(2)18-4-3-5-19(12-18)20-8-11-22-23(13-20)24(26(31)29-25(22)30)15-28-14-17-6-9-21(10-7-17)34(27,32)33/h3-13,15-16H,14H2,1-2H3,(H2,27,32,33)(H2,29,30,31). The van der Waals surface area contributed by atoms with E-state index in [1.54, 1.807) is 18.2 Å². The Balaban J connectivity index is 1.71. The lowest BCUT2D eigenvalue weighted by Crippen LogP contribution is -2.11. The van der Waals surface area contributed by atoms with E-state index < -0.39 is 10.0 Å². The van der Waals surface area contributed by atoms with E-state index >= 15 is 0 Å². The molecule has 0 amide bonds. The molecule has 0 radical (unpaired) electrons. The smallest absolute Gasteiger partial charge is 0.258 e. The number of H-pyrrole nitrogens is 1. The predicted molar refractivity (Wildman–Crippen MR) is 135 cm³/mol. The maximum Gasteiger partial charge on any atom is 0.258 e. The third-order valence-corrected chi connectivity index (χ3v) is 6.60. The van der Waals surface area contributed by atoms with E-state index in [0.717, 1.165) is 16.7 Å². The number of benzene rings is 3. The van der Waals surface area contributed by atoms with Gasteiger partial charge in [0.2, 0.25) is 15.9 Å². The summed E-state index contributed by atoms with van der Waals surface area (Å²) < 4.78 is 22.8. The molecular formula is C26H25N3O4S. The molecule has 4 aromatic rings. The van der Waals surface area contributed by atoms with Crippen LogP contribution >= 0.6 is 0 Å². The normalized spacial score (nSPS) is 12.1. The van der Waals surface area contributed by atoms with Crippen LogP contribution in [-0.4, -0.2) is 24.7 Å². The number of fused-ring (bicyclic) bond motifs is 1. The zero-order valence-corrected chi connectivity index (χ0v) is 19.6. The first-order chi connectivity index (χ1) is 16.1. The number of aliphatic imine (C=N–C) groups is 1. The summed E-state index contributed by atoms with van der Waals surface area (Å²) in [4.78, 5) is 19.3. The molecule has 174 valence electrons. The summed E-state index contributed by atoms with van der Waals surface area (Å²) in [5.41, 5.74) is 3.94. The van der Waals surface area contributed by atoms with E-state index in [1.165, 1.54) is 23.9 Å². The third kappa shape index (κ3) is 4.93. The summed E-state index contributed by atoms with van der Waals surface area (Å²) in [7, 11) is -3.76. The maximum atomic E-state index is 12.4. The molecule has 4 N–H and O–H groups in total. The Bertz CT molecular complexity index is 1550. The fraction of sp³-hybridized carbons (Fsp3) is 0.154. The Morgan fingerprint density at radius 1 is 1.00 bits per heavy atom. The van der Waals surface area contributed by atoms with Crippen LogP contribution in [0, 0.1) is 0 Å². The lowest BCUT2D eigenvalue weighted by Gasteiger charge is -2.10. The molecular weight excluding hydrogens is 450 g/mol. The molecule has 0 spiro atoms. The quantitative estimate of drug-likeness (QED) is 0.360. The number of aromatic amines is 1. The van der Waals surface area contributed by atoms with Gasteiger partial charge in [0.05, 0.1) is 17.0 Å². The largest absolute Gasteiger partial charge is 0.494 e. The Morgan fingerprint density at radius 2 is 1.71 bits per heavy atom. The molecule has 0 aliphatic carbocycles. The average molecular weight is 476 g/mol. The van der Waals surface area contributed by atoms with Gasteiger partial charge in [-0.05, 0) is 52.4 Å². The van der Waals surface area contributed by atoms with Crippen LogP contribution < -0.4 is 10.7 Å². The summed E-state index contributed by atoms with van der Waals surface area (Å²) in [6.07, 6.45) is 1.51. The number of rotatable bonds is 6. The van der Waals surface area contributed by atoms with Gasteiger partial charge in [-0.1, -0.05) is 56.3 Å². The van der Waals surface area contributed by atoms with Crippen LogP contribution in [0.4, 0.5) is 0 Å². The highest BCUT2D eigenvalue weighted by atomic mass is 32.2. The lowest BCUT2D eigenvalue weighted by atomic mass is 9.95. The number of nitrogens with zero attached hydrogens (tertiary/aromatic N) is 1. The van der Waals surface area contributed by atoms with Crippen LogP contribution in [0.25, 0.3) is 21.9 Å². The van der Waals surface area contributed by atoms with Gasteiger partial charge in [-0.25, -0.2) is 13.6 Å². The van der Waals surface area contributed by atoms with E-state index in [0.29, 0.717) is 22.3 Å². The second-order valence-electron chi connectivity index (χ2n) is 8.42. The third-order valence-electron chi connectivity index (χ3n) is 5.67. The number of sulfonamides is 1. The summed E-state index contributed by atoms with van der Waals surface area (Å²) in [6, 6.07) is 19.8. The van der Waals surface area contributed by atoms with Crippen LogP contribution in [0.2, 0.25) is 0 Å². The SMILES string of the molecule is CC(C)c1cccc(-c2ccc3c(=O)[nH]c(O)c(C=NCc4ccc(S(N)(=O)=O)cc4)c3c2)c1.